The first kappa shape index (κ1) is 16.9. The van der Waals surface area contributed by atoms with E-state index in [2.05, 4.69) is 5.32 Å². The monoisotopic (exact) mass is 321 g/mol. The predicted octanol–water partition coefficient (Wildman–Crippen LogP) is 0.549. The zero-order valence-electron chi connectivity index (χ0n) is 13.4. The SMILES string of the molecule is CN(C)C(=O)CNC(=O)[C@@H]1CC(=O)N(C)[C@H]1c1ccc(F)cc1. The molecule has 0 radical (unpaired) electrons. The van der Waals surface area contributed by atoms with Crippen LogP contribution in [0.3, 0.4) is 0 Å². The van der Waals surface area contributed by atoms with Gasteiger partial charge in [0.05, 0.1) is 18.5 Å². The molecule has 23 heavy (non-hydrogen) atoms. The van der Waals surface area contributed by atoms with Crippen LogP contribution in [0.2, 0.25) is 0 Å². The molecule has 2 atom stereocenters. The van der Waals surface area contributed by atoms with Crippen LogP contribution in [0.4, 0.5) is 4.39 Å². The van der Waals surface area contributed by atoms with Crippen LogP contribution in [0.5, 0.6) is 0 Å². The van der Waals surface area contributed by atoms with Gasteiger partial charge in [-0.05, 0) is 17.7 Å². The summed E-state index contributed by atoms with van der Waals surface area (Å²) < 4.78 is 13.1. The van der Waals surface area contributed by atoms with Gasteiger partial charge in [-0.15, -0.1) is 0 Å². The highest BCUT2D eigenvalue weighted by Crippen LogP contribution is 2.37. The number of amides is 3. The maximum absolute atomic E-state index is 13.1. The number of benzene rings is 1. The number of likely N-dealkylation sites (tertiary alicyclic amines) is 1. The third-order valence-corrected chi connectivity index (χ3v) is 4.05. The van der Waals surface area contributed by atoms with E-state index in [-0.39, 0.29) is 36.5 Å². The van der Waals surface area contributed by atoms with E-state index in [4.69, 9.17) is 0 Å². The summed E-state index contributed by atoms with van der Waals surface area (Å²) in [6, 6.07) is 5.28. The number of nitrogens with zero attached hydrogens (tertiary/aromatic N) is 2. The standard InChI is InChI=1S/C16H20FN3O3/c1-19(2)14(22)9-18-16(23)12-8-13(21)20(3)15(12)10-4-6-11(17)7-5-10/h4-7,12,15H,8-9H2,1-3H3,(H,18,23)/t12-,15+/m1/s1. The second-order valence-corrected chi connectivity index (χ2v) is 5.82. The van der Waals surface area contributed by atoms with Gasteiger partial charge in [0.25, 0.3) is 0 Å². The van der Waals surface area contributed by atoms with Crippen molar-refractivity contribution in [1.29, 1.82) is 0 Å². The van der Waals surface area contributed by atoms with E-state index in [9.17, 15) is 18.8 Å². The number of carbonyl (C=O) groups excluding carboxylic acids is 3. The summed E-state index contributed by atoms with van der Waals surface area (Å²) in [5.41, 5.74) is 0.693. The average molecular weight is 321 g/mol. The third kappa shape index (κ3) is 3.67. The van der Waals surface area contributed by atoms with Gasteiger partial charge in [-0.25, -0.2) is 4.39 Å². The predicted molar refractivity (Wildman–Crippen MR) is 81.7 cm³/mol. The minimum absolute atomic E-state index is 0.0700. The summed E-state index contributed by atoms with van der Waals surface area (Å²) in [6.07, 6.45) is 0.0700. The van der Waals surface area contributed by atoms with Crippen LogP contribution in [-0.2, 0) is 14.4 Å². The van der Waals surface area contributed by atoms with E-state index < -0.39 is 12.0 Å². The van der Waals surface area contributed by atoms with E-state index in [1.165, 1.54) is 21.9 Å². The minimum atomic E-state index is -0.604. The van der Waals surface area contributed by atoms with Crippen molar-refractivity contribution in [2.45, 2.75) is 12.5 Å². The van der Waals surface area contributed by atoms with Gasteiger partial charge < -0.3 is 15.1 Å². The lowest BCUT2D eigenvalue weighted by molar-refractivity contribution is -0.132. The highest BCUT2D eigenvalue weighted by molar-refractivity contribution is 5.92. The molecule has 1 heterocycles. The summed E-state index contributed by atoms with van der Waals surface area (Å²) in [6.45, 7) is -0.115. The average Bonchev–Trinajstić information content (AvgIpc) is 2.81. The van der Waals surface area contributed by atoms with Crippen LogP contribution in [0, 0.1) is 11.7 Å². The topological polar surface area (TPSA) is 69.7 Å². The highest BCUT2D eigenvalue weighted by Gasteiger charge is 2.42. The molecule has 3 amide bonds. The van der Waals surface area contributed by atoms with Gasteiger partial charge in [0.2, 0.25) is 17.7 Å². The summed E-state index contributed by atoms with van der Waals surface area (Å²) in [5, 5.41) is 2.57. The van der Waals surface area contributed by atoms with Crippen LogP contribution in [0.15, 0.2) is 24.3 Å². The van der Waals surface area contributed by atoms with Gasteiger partial charge in [-0.1, -0.05) is 12.1 Å². The first-order chi connectivity index (χ1) is 10.8. The molecule has 124 valence electrons. The molecule has 0 unspecified atom stereocenters. The van der Waals surface area contributed by atoms with Gasteiger partial charge in [-0.2, -0.15) is 0 Å². The Hall–Kier alpha value is -2.44. The largest absolute Gasteiger partial charge is 0.347 e. The molecule has 6 nitrogen and oxygen atoms in total. The quantitative estimate of drug-likeness (QED) is 0.880. The molecule has 1 aliphatic rings. The Balaban J connectivity index is 2.15. The third-order valence-electron chi connectivity index (χ3n) is 4.05. The first-order valence-electron chi connectivity index (χ1n) is 7.30. The van der Waals surface area contributed by atoms with Gasteiger partial charge in [0.1, 0.15) is 5.82 Å². The lowest BCUT2D eigenvalue weighted by Crippen LogP contribution is -2.40. The number of rotatable bonds is 4. The smallest absolute Gasteiger partial charge is 0.241 e. The Morgan fingerprint density at radius 3 is 2.48 bits per heavy atom. The molecule has 1 N–H and O–H groups in total. The fraction of sp³-hybridized carbons (Fsp3) is 0.438. The van der Waals surface area contributed by atoms with E-state index in [1.54, 1.807) is 33.3 Å². The second-order valence-electron chi connectivity index (χ2n) is 5.82. The summed E-state index contributed by atoms with van der Waals surface area (Å²) in [5.74, 6) is -1.72. The molecule has 0 spiro atoms. The van der Waals surface area contributed by atoms with Gasteiger partial charge in [0, 0.05) is 27.6 Å². The van der Waals surface area contributed by atoms with Crippen molar-refractivity contribution in [1.82, 2.24) is 15.1 Å². The highest BCUT2D eigenvalue weighted by atomic mass is 19.1. The summed E-state index contributed by atoms with van der Waals surface area (Å²) >= 11 is 0. The number of hydrogen-bond donors (Lipinski definition) is 1. The van der Waals surface area contributed by atoms with Crippen molar-refractivity contribution < 1.29 is 18.8 Å². The fourth-order valence-electron chi connectivity index (χ4n) is 2.67. The number of nitrogens with one attached hydrogen (secondary N) is 1. The van der Waals surface area contributed by atoms with Crippen molar-refractivity contribution in [3.63, 3.8) is 0 Å². The van der Waals surface area contributed by atoms with Crippen LogP contribution in [0.25, 0.3) is 0 Å². The van der Waals surface area contributed by atoms with Gasteiger partial charge in [0.15, 0.2) is 0 Å². The first-order valence-corrected chi connectivity index (χ1v) is 7.30. The Morgan fingerprint density at radius 2 is 1.91 bits per heavy atom. The molecule has 1 fully saturated rings. The van der Waals surface area contributed by atoms with E-state index in [1.807, 2.05) is 0 Å². The van der Waals surface area contributed by atoms with Gasteiger partial charge >= 0.3 is 0 Å². The molecular formula is C16H20FN3O3. The van der Waals surface area contributed by atoms with Crippen molar-refractivity contribution in [2.75, 3.05) is 27.7 Å². The molecule has 1 aromatic carbocycles. The Morgan fingerprint density at radius 1 is 1.30 bits per heavy atom. The fourth-order valence-corrected chi connectivity index (χ4v) is 2.67. The number of carbonyl (C=O) groups is 3. The van der Waals surface area contributed by atoms with Crippen LogP contribution < -0.4 is 5.32 Å². The molecule has 1 saturated heterocycles. The normalized spacial score (nSPS) is 20.5. The number of hydrogen-bond acceptors (Lipinski definition) is 3. The molecule has 0 aromatic heterocycles. The van der Waals surface area contributed by atoms with Gasteiger partial charge in [-0.3, -0.25) is 14.4 Å². The molecule has 0 bridgehead atoms. The Bertz CT molecular complexity index is 616. The van der Waals surface area contributed by atoms with Crippen molar-refractivity contribution in [2.24, 2.45) is 5.92 Å². The van der Waals surface area contributed by atoms with Crippen molar-refractivity contribution in [3.05, 3.63) is 35.6 Å². The number of halogens is 1. The molecule has 1 aliphatic heterocycles. The lowest BCUT2D eigenvalue weighted by Gasteiger charge is -2.25. The lowest BCUT2D eigenvalue weighted by atomic mass is 9.93. The molecule has 2 rings (SSSR count). The van der Waals surface area contributed by atoms with Crippen LogP contribution >= 0.6 is 0 Å². The zero-order valence-corrected chi connectivity index (χ0v) is 13.4. The van der Waals surface area contributed by atoms with E-state index in [0.29, 0.717) is 5.56 Å². The Labute approximate surface area is 134 Å². The van der Waals surface area contributed by atoms with E-state index in [0.717, 1.165) is 0 Å². The molecule has 0 saturated carbocycles. The molecular weight excluding hydrogens is 301 g/mol. The maximum atomic E-state index is 13.1. The van der Waals surface area contributed by atoms with Crippen molar-refractivity contribution >= 4 is 17.7 Å². The van der Waals surface area contributed by atoms with Crippen LogP contribution in [-0.4, -0.2) is 55.2 Å². The van der Waals surface area contributed by atoms with Crippen molar-refractivity contribution in [3.8, 4) is 0 Å². The maximum Gasteiger partial charge on any atom is 0.241 e. The van der Waals surface area contributed by atoms with Crippen LogP contribution in [0.1, 0.15) is 18.0 Å². The molecule has 7 heteroatoms. The van der Waals surface area contributed by atoms with E-state index >= 15 is 0 Å². The Kier molecular flexibility index (Phi) is 4.98. The minimum Gasteiger partial charge on any atom is -0.347 e. The summed E-state index contributed by atoms with van der Waals surface area (Å²) in [7, 11) is 4.82. The molecule has 0 aliphatic carbocycles. The number of likely N-dealkylation sites (N-methyl/N-ethyl adjacent to an activating group) is 1. The molecule has 1 aromatic rings. The second kappa shape index (κ2) is 6.76. The summed E-state index contributed by atoms with van der Waals surface area (Å²) in [4.78, 5) is 38.8. The zero-order chi connectivity index (χ0) is 17.1.